The Kier molecular flexibility index (Phi) is 3.86. The molecule has 0 saturated heterocycles. The molecule has 1 N–H and O–H groups in total. The summed E-state index contributed by atoms with van der Waals surface area (Å²) in [5.41, 5.74) is 0.634. The van der Waals surface area contributed by atoms with Crippen molar-refractivity contribution in [2.24, 2.45) is 0 Å². The summed E-state index contributed by atoms with van der Waals surface area (Å²) in [4.78, 5) is 1.25. The monoisotopic (exact) mass is 327 g/mol. The summed E-state index contributed by atoms with van der Waals surface area (Å²) in [5.74, 6) is 0.261. The Morgan fingerprint density at radius 1 is 1.25 bits per heavy atom. The molecule has 1 saturated carbocycles. The predicted molar refractivity (Wildman–Crippen MR) is 82.7 cm³/mol. The third-order valence-corrected chi connectivity index (χ3v) is 6.06. The van der Waals surface area contributed by atoms with Crippen molar-refractivity contribution in [3.8, 4) is 0 Å². The van der Waals surface area contributed by atoms with Crippen LogP contribution in [0.5, 0.6) is 0 Å². The van der Waals surface area contributed by atoms with Crippen molar-refractivity contribution < 1.29 is 8.42 Å². The van der Waals surface area contributed by atoms with Gasteiger partial charge in [-0.3, -0.25) is 0 Å². The first-order valence-electron chi connectivity index (χ1n) is 6.32. The van der Waals surface area contributed by atoms with E-state index in [0.29, 0.717) is 16.5 Å². The van der Waals surface area contributed by atoms with Crippen molar-refractivity contribution in [3.05, 3.63) is 57.2 Å². The van der Waals surface area contributed by atoms with Crippen molar-refractivity contribution in [3.63, 3.8) is 0 Å². The molecule has 1 aliphatic rings. The average molecular weight is 328 g/mol. The number of thiophene rings is 1. The molecule has 3 nitrogen and oxygen atoms in total. The molecule has 0 aliphatic heterocycles. The summed E-state index contributed by atoms with van der Waals surface area (Å²) in [5, 5.41) is 2.51. The Balaban J connectivity index is 1.64. The summed E-state index contributed by atoms with van der Waals surface area (Å²) in [6, 6.07) is 11.1. The minimum absolute atomic E-state index is 0.0288. The Bertz CT molecular complexity index is 698. The number of hydrogen-bond acceptors (Lipinski definition) is 3. The lowest BCUT2D eigenvalue weighted by atomic mass is 10.2. The van der Waals surface area contributed by atoms with E-state index in [4.69, 9.17) is 11.6 Å². The number of hydrogen-bond donors (Lipinski definition) is 1. The fourth-order valence-corrected chi connectivity index (χ4v) is 4.89. The van der Waals surface area contributed by atoms with Gasteiger partial charge < -0.3 is 0 Å². The highest BCUT2D eigenvalue weighted by Crippen LogP contribution is 2.43. The fourth-order valence-electron chi connectivity index (χ4n) is 2.23. The van der Waals surface area contributed by atoms with Crippen molar-refractivity contribution in [2.45, 2.75) is 24.1 Å². The van der Waals surface area contributed by atoms with Crippen LogP contribution < -0.4 is 4.72 Å². The summed E-state index contributed by atoms with van der Waals surface area (Å²) in [6.07, 6.45) is 0.877. The van der Waals surface area contributed by atoms with Gasteiger partial charge in [-0.15, -0.1) is 11.3 Å². The Morgan fingerprint density at radius 2 is 2.05 bits per heavy atom. The second kappa shape index (κ2) is 5.48. The van der Waals surface area contributed by atoms with Crippen molar-refractivity contribution in [1.29, 1.82) is 0 Å². The molecule has 0 bridgehead atoms. The molecule has 106 valence electrons. The molecule has 6 heteroatoms. The third kappa shape index (κ3) is 3.23. The van der Waals surface area contributed by atoms with Gasteiger partial charge in [-0.25, -0.2) is 13.1 Å². The third-order valence-electron chi connectivity index (χ3n) is 3.33. The zero-order valence-corrected chi connectivity index (χ0v) is 13.0. The average Bonchev–Trinajstić information content (AvgIpc) is 2.92. The maximum atomic E-state index is 12.2. The largest absolute Gasteiger partial charge is 0.216 e. The van der Waals surface area contributed by atoms with E-state index in [9.17, 15) is 8.42 Å². The van der Waals surface area contributed by atoms with Crippen LogP contribution >= 0.6 is 22.9 Å². The van der Waals surface area contributed by atoms with Crippen molar-refractivity contribution >= 4 is 33.0 Å². The Labute approximate surface area is 127 Å². The second-order valence-corrected chi connectivity index (χ2v) is 8.07. The normalized spacial score (nSPS) is 21.9. The van der Waals surface area contributed by atoms with E-state index in [1.807, 2.05) is 11.4 Å². The highest BCUT2D eigenvalue weighted by Gasteiger charge is 2.41. The van der Waals surface area contributed by atoms with Crippen LogP contribution in [0.3, 0.4) is 0 Å². The Hall–Kier alpha value is -0.880. The van der Waals surface area contributed by atoms with Gasteiger partial charge >= 0.3 is 0 Å². The fraction of sp³-hybridized carbons (Fsp3) is 0.286. The molecule has 20 heavy (non-hydrogen) atoms. The van der Waals surface area contributed by atoms with E-state index in [1.165, 1.54) is 4.88 Å². The number of sulfonamides is 1. The molecule has 1 fully saturated rings. The van der Waals surface area contributed by atoms with Crippen LogP contribution in [0, 0.1) is 0 Å². The van der Waals surface area contributed by atoms with Crippen LogP contribution in [-0.4, -0.2) is 14.5 Å². The molecule has 0 amide bonds. The van der Waals surface area contributed by atoms with E-state index in [1.54, 1.807) is 35.6 Å². The highest BCUT2D eigenvalue weighted by atomic mass is 35.5. The van der Waals surface area contributed by atoms with Crippen LogP contribution in [0.15, 0.2) is 41.8 Å². The van der Waals surface area contributed by atoms with Gasteiger partial charge in [0.25, 0.3) is 0 Å². The molecule has 1 aromatic carbocycles. The lowest BCUT2D eigenvalue weighted by Crippen LogP contribution is -2.28. The molecule has 2 unspecified atom stereocenters. The standard InChI is InChI=1S/C14H14ClNO2S2/c15-12-5-2-1-4-10(12)9-20(17,18)16-13-8-11(13)14-6-3-7-19-14/h1-7,11,13,16H,8-9H2. The topological polar surface area (TPSA) is 46.2 Å². The maximum Gasteiger partial charge on any atom is 0.216 e. The minimum Gasteiger partial charge on any atom is -0.212 e. The van der Waals surface area contributed by atoms with Gasteiger partial charge in [-0.05, 0) is 29.5 Å². The molecule has 1 aromatic heterocycles. The first-order valence-corrected chi connectivity index (χ1v) is 9.23. The molecular formula is C14H14ClNO2S2. The van der Waals surface area contributed by atoms with Crippen LogP contribution in [-0.2, 0) is 15.8 Å². The SMILES string of the molecule is O=S(=O)(Cc1ccccc1Cl)NC1CC1c1cccs1. The maximum absolute atomic E-state index is 12.2. The van der Waals surface area contributed by atoms with Gasteiger partial charge in [0, 0.05) is 21.9 Å². The number of rotatable bonds is 5. The summed E-state index contributed by atoms with van der Waals surface area (Å²) in [6.45, 7) is 0. The highest BCUT2D eigenvalue weighted by molar-refractivity contribution is 7.88. The van der Waals surface area contributed by atoms with Crippen LogP contribution in [0.25, 0.3) is 0 Å². The van der Waals surface area contributed by atoms with Gasteiger partial charge in [-0.2, -0.15) is 0 Å². The molecule has 2 aromatic rings. The van der Waals surface area contributed by atoms with Crippen LogP contribution in [0.1, 0.15) is 22.8 Å². The predicted octanol–water partition coefficient (Wildman–Crippen LogP) is 3.38. The summed E-state index contributed by atoms with van der Waals surface area (Å²) in [7, 11) is -3.35. The first kappa shape index (κ1) is 14.1. The lowest BCUT2D eigenvalue weighted by Gasteiger charge is -2.07. The quantitative estimate of drug-likeness (QED) is 0.915. The van der Waals surface area contributed by atoms with E-state index in [-0.39, 0.29) is 11.8 Å². The Morgan fingerprint density at radius 3 is 2.75 bits per heavy atom. The minimum atomic E-state index is -3.35. The van der Waals surface area contributed by atoms with E-state index < -0.39 is 10.0 Å². The smallest absolute Gasteiger partial charge is 0.212 e. The molecule has 0 spiro atoms. The van der Waals surface area contributed by atoms with Gasteiger partial charge in [0.1, 0.15) is 0 Å². The first-order chi connectivity index (χ1) is 9.55. The van der Waals surface area contributed by atoms with Gasteiger partial charge in [-0.1, -0.05) is 35.9 Å². The van der Waals surface area contributed by atoms with Crippen LogP contribution in [0.4, 0.5) is 0 Å². The number of halogens is 1. The molecule has 0 radical (unpaired) electrons. The molecular weight excluding hydrogens is 314 g/mol. The van der Waals surface area contributed by atoms with Crippen molar-refractivity contribution in [2.75, 3.05) is 0 Å². The van der Waals surface area contributed by atoms with Crippen LogP contribution in [0.2, 0.25) is 5.02 Å². The number of benzene rings is 1. The summed E-state index contributed by atoms with van der Waals surface area (Å²) < 4.78 is 27.1. The van der Waals surface area contributed by atoms with Gasteiger partial charge in [0.15, 0.2) is 0 Å². The molecule has 1 heterocycles. The van der Waals surface area contributed by atoms with E-state index >= 15 is 0 Å². The van der Waals surface area contributed by atoms with E-state index in [0.717, 1.165) is 6.42 Å². The molecule has 2 atom stereocenters. The van der Waals surface area contributed by atoms with Gasteiger partial charge in [0.05, 0.1) is 5.75 Å². The molecule has 3 rings (SSSR count). The second-order valence-electron chi connectivity index (χ2n) is 4.93. The van der Waals surface area contributed by atoms with E-state index in [2.05, 4.69) is 10.8 Å². The van der Waals surface area contributed by atoms with Crippen molar-refractivity contribution in [1.82, 2.24) is 4.72 Å². The zero-order chi connectivity index (χ0) is 14.2. The zero-order valence-electron chi connectivity index (χ0n) is 10.6. The molecule has 1 aliphatic carbocycles. The summed E-state index contributed by atoms with van der Waals surface area (Å²) >= 11 is 7.68. The lowest BCUT2D eigenvalue weighted by molar-refractivity contribution is 0.579. The van der Waals surface area contributed by atoms with Gasteiger partial charge in [0.2, 0.25) is 10.0 Å². The number of nitrogens with one attached hydrogen (secondary N) is 1.